The van der Waals surface area contributed by atoms with Crippen LogP contribution in [0.4, 0.5) is 5.13 Å². The summed E-state index contributed by atoms with van der Waals surface area (Å²) in [6.07, 6.45) is 7.83. The van der Waals surface area contributed by atoms with E-state index < -0.39 is 0 Å². The Balaban J connectivity index is 1.28. The van der Waals surface area contributed by atoms with E-state index in [1.54, 1.807) is 6.20 Å². The number of likely N-dealkylation sites (tertiary alicyclic amines) is 1. The molecule has 0 spiro atoms. The Morgan fingerprint density at radius 3 is 2.70 bits per heavy atom. The lowest BCUT2D eigenvalue weighted by Crippen LogP contribution is -2.40. The van der Waals surface area contributed by atoms with E-state index in [1.165, 1.54) is 11.3 Å². The minimum atomic E-state index is 0.0179. The molecule has 2 aromatic heterocycles. The average molecular weight is 382 g/mol. The maximum absolute atomic E-state index is 12.1. The van der Waals surface area contributed by atoms with E-state index in [1.807, 2.05) is 29.8 Å². The van der Waals surface area contributed by atoms with Crippen LogP contribution in [0.2, 0.25) is 0 Å². The zero-order valence-electron chi connectivity index (χ0n) is 15.1. The van der Waals surface area contributed by atoms with E-state index in [9.17, 15) is 4.79 Å². The molecule has 3 heterocycles. The highest BCUT2D eigenvalue weighted by molar-refractivity contribution is 7.13. The Bertz CT molecular complexity index is 854. The zero-order valence-corrected chi connectivity index (χ0v) is 15.9. The highest BCUT2D eigenvalue weighted by Crippen LogP contribution is 2.23. The number of rotatable bonds is 6. The van der Waals surface area contributed by atoms with Crippen molar-refractivity contribution in [1.82, 2.24) is 19.4 Å². The second-order valence-corrected chi connectivity index (χ2v) is 7.77. The molecule has 0 aliphatic carbocycles. The first kappa shape index (κ1) is 17.9. The number of amides is 1. The number of anilines is 1. The fourth-order valence-electron chi connectivity index (χ4n) is 3.56. The molecule has 7 heteroatoms. The molecule has 1 amide bonds. The molecule has 0 radical (unpaired) electrons. The van der Waals surface area contributed by atoms with Crippen molar-refractivity contribution in [2.75, 3.05) is 25.0 Å². The van der Waals surface area contributed by atoms with Crippen LogP contribution in [0.25, 0.3) is 11.4 Å². The standard InChI is InChI=1S/C20H23N5OS/c26-18(23-20-22-9-13-27-20)15-24-10-6-16(7-11-24)14-25-12-8-21-19(25)17-4-2-1-3-5-17/h1-5,8-9,12-13,16H,6-7,10-11,14-15H2,(H,22,23,26). The van der Waals surface area contributed by atoms with E-state index in [2.05, 4.69) is 43.1 Å². The molecule has 140 valence electrons. The van der Waals surface area contributed by atoms with Crippen molar-refractivity contribution in [3.8, 4) is 11.4 Å². The Morgan fingerprint density at radius 2 is 1.96 bits per heavy atom. The second-order valence-electron chi connectivity index (χ2n) is 6.87. The van der Waals surface area contributed by atoms with Gasteiger partial charge in [0.2, 0.25) is 5.91 Å². The number of carbonyl (C=O) groups is 1. The van der Waals surface area contributed by atoms with Crippen molar-refractivity contribution in [2.45, 2.75) is 19.4 Å². The van der Waals surface area contributed by atoms with Crippen molar-refractivity contribution >= 4 is 22.4 Å². The summed E-state index contributed by atoms with van der Waals surface area (Å²) in [6, 6.07) is 10.3. The summed E-state index contributed by atoms with van der Waals surface area (Å²) in [5.41, 5.74) is 1.15. The first-order valence-electron chi connectivity index (χ1n) is 9.26. The predicted octanol–water partition coefficient (Wildman–Crippen LogP) is 3.36. The summed E-state index contributed by atoms with van der Waals surface area (Å²) < 4.78 is 2.25. The smallest absolute Gasteiger partial charge is 0.240 e. The van der Waals surface area contributed by atoms with Gasteiger partial charge in [0, 0.05) is 36.1 Å². The number of piperidine rings is 1. The van der Waals surface area contributed by atoms with Gasteiger partial charge in [-0.2, -0.15) is 0 Å². The van der Waals surface area contributed by atoms with Gasteiger partial charge >= 0.3 is 0 Å². The van der Waals surface area contributed by atoms with Gasteiger partial charge < -0.3 is 9.88 Å². The molecule has 1 aromatic carbocycles. The van der Waals surface area contributed by atoms with Crippen LogP contribution in [0.1, 0.15) is 12.8 Å². The predicted molar refractivity (Wildman–Crippen MR) is 108 cm³/mol. The fraction of sp³-hybridized carbons (Fsp3) is 0.350. The van der Waals surface area contributed by atoms with Gasteiger partial charge in [-0.15, -0.1) is 11.3 Å². The highest BCUT2D eigenvalue weighted by Gasteiger charge is 2.22. The van der Waals surface area contributed by atoms with Gasteiger partial charge in [0.1, 0.15) is 5.82 Å². The Kier molecular flexibility index (Phi) is 5.60. The molecular weight excluding hydrogens is 358 g/mol. The summed E-state index contributed by atoms with van der Waals surface area (Å²) >= 11 is 1.44. The number of aromatic nitrogens is 3. The maximum atomic E-state index is 12.1. The number of hydrogen-bond donors (Lipinski definition) is 1. The van der Waals surface area contributed by atoms with Crippen LogP contribution in [0, 0.1) is 5.92 Å². The van der Waals surface area contributed by atoms with E-state index >= 15 is 0 Å². The lowest BCUT2D eigenvalue weighted by Gasteiger charge is -2.31. The molecule has 27 heavy (non-hydrogen) atoms. The molecule has 0 bridgehead atoms. The van der Waals surface area contributed by atoms with Crippen molar-refractivity contribution < 1.29 is 4.79 Å². The van der Waals surface area contributed by atoms with Crippen LogP contribution in [0.15, 0.2) is 54.3 Å². The number of thiazole rings is 1. The summed E-state index contributed by atoms with van der Waals surface area (Å²) in [6.45, 7) is 3.31. The zero-order chi connectivity index (χ0) is 18.5. The monoisotopic (exact) mass is 381 g/mol. The van der Waals surface area contributed by atoms with Crippen molar-refractivity contribution in [1.29, 1.82) is 0 Å². The number of carbonyl (C=O) groups excluding carboxylic acids is 1. The number of hydrogen-bond acceptors (Lipinski definition) is 5. The molecule has 6 nitrogen and oxygen atoms in total. The van der Waals surface area contributed by atoms with Crippen LogP contribution in [-0.2, 0) is 11.3 Å². The third kappa shape index (κ3) is 4.61. The van der Waals surface area contributed by atoms with Crippen LogP contribution in [0.3, 0.4) is 0 Å². The molecule has 3 aromatic rings. The topological polar surface area (TPSA) is 63.1 Å². The second kappa shape index (κ2) is 8.45. The van der Waals surface area contributed by atoms with Gasteiger partial charge in [-0.1, -0.05) is 30.3 Å². The lowest BCUT2D eigenvalue weighted by molar-refractivity contribution is -0.117. The summed E-state index contributed by atoms with van der Waals surface area (Å²) in [5.74, 6) is 1.66. The molecular formula is C20H23N5OS. The van der Waals surface area contributed by atoms with Crippen LogP contribution in [0.5, 0.6) is 0 Å². The SMILES string of the molecule is O=C(CN1CCC(Cn2ccnc2-c2ccccc2)CC1)Nc1nccs1. The summed E-state index contributed by atoms with van der Waals surface area (Å²) in [5, 5.41) is 5.39. The minimum absolute atomic E-state index is 0.0179. The first-order chi connectivity index (χ1) is 13.3. The molecule has 1 aliphatic rings. The molecule has 4 rings (SSSR count). The summed E-state index contributed by atoms with van der Waals surface area (Å²) in [4.78, 5) is 23.0. The molecule has 0 atom stereocenters. The lowest BCUT2D eigenvalue weighted by atomic mass is 9.96. The van der Waals surface area contributed by atoms with Crippen LogP contribution in [-0.4, -0.2) is 45.0 Å². The molecule has 1 N–H and O–H groups in total. The molecule has 1 aliphatic heterocycles. The number of benzene rings is 1. The highest BCUT2D eigenvalue weighted by atomic mass is 32.1. The Hall–Kier alpha value is -2.51. The molecule has 0 saturated carbocycles. The molecule has 1 fully saturated rings. The number of nitrogens with zero attached hydrogens (tertiary/aromatic N) is 4. The van der Waals surface area contributed by atoms with Crippen molar-refractivity contribution in [3.05, 3.63) is 54.3 Å². The Labute approximate surface area is 162 Å². The van der Waals surface area contributed by atoms with Gasteiger partial charge in [-0.3, -0.25) is 9.69 Å². The first-order valence-corrected chi connectivity index (χ1v) is 10.1. The number of nitrogens with one attached hydrogen (secondary N) is 1. The van der Waals surface area contributed by atoms with Crippen LogP contribution < -0.4 is 5.32 Å². The fourth-order valence-corrected chi connectivity index (χ4v) is 4.10. The van der Waals surface area contributed by atoms with E-state index in [4.69, 9.17) is 0 Å². The summed E-state index contributed by atoms with van der Waals surface area (Å²) in [7, 11) is 0. The largest absolute Gasteiger partial charge is 0.331 e. The van der Waals surface area contributed by atoms with E-state index in [0.29, 0.717) is 17.6 Å². The normalized spacial score (nSPS) is 15.7. The van der Waals surface area contributed by atoms with E-state index in [-0.39, 0.29) is 5.91 Å². The van der Waals surface area contributed by atoms with E-state index in [0.717, 1.165) is 43.9 Å². The quantitative estimate of drug-likeness (QED) is 0.711. The van der Waals surface area contributed by atoms with Gasteiger partial charge in [0.15, 0.2) is 5.13 Å². The molecule has 0 unspecified atom stereocenters. The third-order valence-electron chi connectivity index (χ3n) is 4.96. The molecule has 1 saturated heterocycles. The van der Waals surface area contributed by atoms with Gasteiger partial charge in [-0.05, 0) is 31.8 Å². The third-order valence-corrected chi connectivity index (χ3v) is 5.64. The van der Waals surface area contributed by atoms with Crippen molar-refractivity contribution in [3.63, 3.8) is 0 Å². The average Bonchev–Trinajstić information content (AvgIpc) is 3.36. The van der Waals surface area contributed by atoms with Gasteiger partial charge in [0.25, 0.3) is 0 Å². The van der Waals surface area contributed by atoms with Crippen LogP contribution >= 0.6 is 11.3 Å². The van der Waals surface area contributed by atoms with Gasteiger partial charge in [-0.25, -0.2) is 9.97 Å². The van der Waals surface area contributed by atoms with Crippen molar-refractivity contribution in [2.24, 2.45) is 5.92 Å². The Morgan fingerprint density at radius 1 is 1.15 bits per heavy atom. The number of imidazole rings is 1. The minimum Gasteiger partial charge on any atom is -0.331 e. The van der Waals surface area contributed by atoms with Gasteiger partial charge in [0.05, 0.1) is 6.54 Å². The maximum Gasteiger partial charge on any atom is 0.240 e.